The van der Waals surface area contributed by atoms with Gasteiger partial charge in [-0.1, -0.05) is 136 Å². The first-order chi connectivity index (χ1) is 31.0. The molecule has 0 radical (unpaired) electrons. The molecule has 0 saturated heterocycles. The SMILES string of the molecule is CCCCCCCCCOc1cc2c(cc1OC)Cc1c-2c2c(c3c1-c1cc(OCCCCCCCCC)c(OC)cc1C3)-c1cc(OCCCCCCCCC)c(OC)cc1C2. The Bertz CT molecular complexity index is 1860. The third-order valence-corrected chi connectivity index (χ3v) is 13.9. The first-order valence-electron chi connectivity index (χ1n) is 25.3. The van der Waals surface area contributed by atoms with Crippen molar-refractivity contribution in [3.63, 3.8) is 0 Å². The highest BCUT2D eigenvalue weighted by Gasteiger charge is 2.39. The molecular weight excluding hydrogens is 781 g/mol. The third kappa shape index (κ3) is 11.0. The van der Waals surface area contributed by atoms with E-state index in [9.17, 15) is 0 Å². The highest BCUT2D eigenvalue weighted by Crippen LogP contribution is 2.59. The lowest BCUT2D eigenvalue weighted by atomic mass is 9.86. The van der Waals surface area contributed by atoms with Gasteiger partial charge in [-0.25, -0.2) is 0 Å². The fourth-order valence-corrected chi connectivity index (χ4v) is 10.5. The summed E-state index contributed by atoms with van der Waals surface area (Å²) >= 11 is 0. The van der Waals surface area contributed by atoms with Crippen LogP contribution >= 0.6 is 0 Å². The van der Waals surface area contributed by atoms with Gasteiger partial charge in [0.1, 0.15) is 0 Å². The second-order valence-corrected chi connectivity index (χ2v) is 18.5. The van der Waals surface area contributed by atoms with Crippen LogP contribution in [0.25, 0.3) is 33.4 Å². The summed E-state index contributed by atoms with van der Waals surface area (Å²) in [6.07, 6.45) is 28.9. The van der Waals surface area contributed by atoms with Gasteiger partial charge in [0, 0.05) is 0 Å². The minimum Gasteiger partial charge on any atom is -0.493 e. The van der Waals surface area contributed by atoms with Crippen LogP contribution in [0.5, 0.6) is 34.5 Å². The van der Waals surface area contributed by atoms with E-state index in [1.807, 2.05) is 0 Å². The summed E-state index contributed by atoms with van der Waals surface area (Å²) < 4.78 is 37.8. The lowest BCUT2D eigenvalue weighted by Crippen LogP contribution is -2.01. The molecule has 0 aromatic heterocycles. The monoisotopic (exact) mass is 859 g/mol. The number of hydrogen-bond donors (Lipinski definition) is 0. The average molecular weight is 859 g/mol. The van der Waals surface area contributed by atoms with Crippen LogP contribution < -0.4 is 28.4 Å². The van der Waals surface area contributed by atoms with E-state index in [-0.39, 0.29) is 0 Å². The largest absolute Gasteiger partial charge is 0.493 e. The van der Waals surface area contributed by atoms with Crippen LogP contribution in [0.4, 0.5) is 0 Å². The van der Waals surface area contributed by atoms with Crippen molar-refractivity contribution in [2.45, 2.75) is 175 Å². The summed E-state index contributed by atoms with van der Waals surface area (Å²) in [5.41, 5.74) is 16.0. The number of methoxy groups -OCH3 is 3. The number of unbranched alkanes of at least 4 members (excludes halogenated alkanes) is 18. The summed E-state index contributed by atoms with van der Waals surface area (Å²) in [5, 5.41) is 0. The molecule has 0 unspecified atom stereocenters. The first kappa shape index (κ1) is 46.7. The Morgan fingerprint density at radius 2 is 0.571 bits per heavy atom. The maximum Gasteiger partial charge on any atom is 0.161 e. The summed E-state index contributed by atoms with van der Waals surface area (Å²) in [7, 11) is 5.32. The number of ether oxygens (including phenoxy) is 6. The van der Waals surface area contributed by atoms with Crippen molar-refractivity contribution in [2.24, 2.45) is 0 Å². The Labute approximate surface area is 380 Å². The Morgan fingerprint density at radius 1 is 0.317 bits per heavy atom. The molecule has 0 N–H and O–H groups in total. The summed E-state index contributed by atoms with van der Waals surface area (Å²) in [5.74, 6) is 4.98. The van der Waals surface area contributed by atoms with Gasteiger partial charge in [-0.15, -0.1) is 0 Å². The zero-order valence-corrected chi connectivity index (χ0v) is 40.0. The van der Waals surface area contributed by atoms with Crippen LogP contribution in [0, 0.1) is 0 Å². The van der Waals surface area contributed by atoms with Crippen LogP contribution in [-0.2, 0) is 19.3 Å². The van der Waals surface area contributed by atoms with E-state index in [2.05, 4.69) is 57.2 Å². The summed E-state index contributed by atoms with van der Waals surface area (Å²) in [6.45, 7) is 8.92. The van der Waals surface area contributed by atoms with Gasteiger partial charge in [0.05, 0.1) is 41.2 Å². The highest BCUT2D eigenvalue weighted by molar-refractivity contribution is 6.01. The van der Waals surface area contributed by atoms with E-state index in [0.29, 0.717) is 19.8 Å². The lowest BCUT2D eigenvalue weighted by molar-refractivity contribution is 0.284. The van der Waals surface area contributed by atoms with Gasteiger partial charge in [0.15, 0.2) is 34.5 Å². The van der Waals surface area contributed by atoms with Crippen LogP contribution in [0.1, 0.15) is 189 Å². The molecule has 0 atom stereocenters. The maximum absolute atomic E-state index is 6.58. The van der Waals surface area contributed by atoms with E-state index >= 15 is 0 Å². The molecule has 0 saturated carbocycles. The van der Waals surface area contributed by atoms with Gasteiger partial charge in [0.25, 0.3) is 0 Å². The minimum absolute atomic E-state index is 0.696. The van der Waals surface area contributed by atoms with Gasteiger partial charge >= 0.3 is 0 Å². The molecule has 3 aliphatic rings. The van der Waals surface area contributed by atoms with Crippen LogP contribution in [0.15, 0.2) is 36.4 Å². The Balaban J connectivity index is 1.22. The second-order valence-electron chi connectivity index (χ2n) is 18.5. The van der Waals surface area contributed by atoms with E-state index < -0.39 is 0 Å². The minimum atomic E-state index is 0.696. The molecule has 0 heterocycles. The number of hydrogen-bond acceptors (Lipinski definition) is 6. The molecule has 4 aromatic carbocycles. The molecule has 6 nitrogen and oxygen atoms in total. The Kier molecular flexibility index (Phi) is 17.5. The Hall–Kier alpha value is -4.32. The van der Waals surface area contributed by atoms with Crippen LogP contribution in [0.2, 0.25) is 0 Å². The summed E-state index contributed by atoms with van der Waals surface area (Å²) in [6, 6.07) is 13.6. The summed E-state index contributed by atoms with van der Waals surface area (Å²) in [4.78, 5) is 0. The van der Waals surface area contributed by atoms with Crippen molar-refractivity contribution in [1.29, 1.82) is 0 Å². The van der Waals surface area contributed by atoms with Gasteiger partial charge < -0.3 is 28.4 Å². The molecule has 4 aromatic rings. The fraction of sp³-hybridized carbons (Fsp3) is 0.579. The highest BCUT2D eigenvalue weighted by atomic mass is 16.5. The van der Waals surface area contributed by atoms with E-state index in [1.165, 1.54) is 182 Å². The average Bonchev–Trinajstić information content (AvgIpc) is 3.98. The molecule has 0 bridgehead atoms. The van der Waals surface area contributed by atoms with Gasteiger partial charge in [-0.2, -0.15) is 0 Å². The molecule has 0 spiro atoms. The van der Waals surface area contributed by atoms with E-state index in [0.717, 1.165) is 73.0 Å². The topological polar surface area (TPSA) is 55.4 Å². The second kappa shape index (κ2) is 23.6. The number of benzene rings is 4. The van der Waals surface area contributed by atoms with Crippen LogP contribution in [0.3, 0.4) is 0 Å². The van der Waals surface area contributed by atoms with E-state index in [4.69, 9.17) is 28.4 Å². The zero-order chi connectivity index (χ0) is 44.0. The van der Waals surface area contributed by atoms with Crippen LogP contribution in [-0.4, -0.2) is 41.2 Å². The maximum atomic E-state index is 6.58. The quantitative estimate of drug-likeness (QED) is 0.0420. The zero-order valence-electron chi connectivity index (χ0n) is 40.0. The normalized spacial score (nSPS) is 12.7. The van der Waals surface area contributed by atoms with Crippen molar-refractivity contribution < 1.29 is 28.4 Å². The molecular formula is C57H78O6. The predicted octanol–water partition coefficient (Wildman–Crippen LogP) is 15.8. The third-order valence-electron chi connectivity index (χ3n) is 13.9. The van der Waals surface area contributed by atoms with E-state index in [1.54, 1.807) is 21.3 Å². The fourth-order valence-electron chi connectivity index (χ4n) is 10.5. The smallest absolute Gasteiger partial charge is 0.161 e. The van der Waals surface area contributed by atoms with Gasteiger partial charge in [0.2, 0.25) is 0 Å². The van der Waals surface area contributed by atoms with Gasteiger partial charge in [-0.3, -0.25) is 0 Å². The standard InChI is InChI=1S/C57H78O6/c1-7-10-13-16-19-22-25-28-61-52-37-43-40(34-49(52)58-4)31-46-55(43)47-32-41-35-50(59-5)53(62-29-26-23-20-17-14-11-8-2)38-44(41)57(47)48-33-42-36-51(60-6)54(39-45(42)56(46)48)63-30-27-24-21-18-15-12-9-3/h34-39H,7-33H2,1-6H3. The molecule has 6 heteroatoms. The molecule has 342 valence electrons. The molecule has 3 aliphatic carbocycles. The molecule has 7 rings (SSSR count). The van der Waals surface area contributed by atoms with Crippen molar-refractivity contribution in [2.75, 3.05) is 41.2 Å². The van der Waals surface area contributed by atoms with Crippen molar-refractivity contribution in [1.82, 2.24) is 0 Å². The molecule has 0 amide bonds. The lowest BCUT2D eigenvalue weighted by Gasteiger charge is -2.18. The number of fused-ring (bicyclic) bond motifs is 12. The molecule has 0 fully saturated rings. The molecule has 63 heavy (non-hydrogen) atoms. The van der Waals surface area contributed by atoms with Crippen molar-refractivity contribution in [3.8, 4) is 67.9 Å². The molecule has 0 aliphatic heterocycles. The number of rotatable bonds is 30. The van der Waals surface area contributed by atoms with Gasteiger partial charge in [-0.05, 0) is 142 Å². The predicted molar refractivity (Wildman–Crippen MR) is 261 cm³/mol. The first-order valence-corrected chi connectivity index (χ1v) is 25.3. The van der Waals surface area contributed by atoms with Crippen molar-refractivity contribution in [3.05, 3.63) is 69.8 Å². The van der Waals surface area contributed by atoms with Crippen molar-refractivity contribution >= 4 is 0 Å². The Morgan fingerprint density at radius 3 is 0.825 bits per heavy atom.